The molecule has 20 heavy (non-hydrogen) atoms. The molecule has 108 valence electrons. The van der Waals surface area contributed by atoms with Gasteiger partial charge in [0.15, 0.2) is 0 Å². The van der Waals surface area contributed by atoms with E-state index in [2.05, 4.69) is 39.8 Å². The Morgan fingerprint density at radius 2 is 1.65 bits per heavy atom. The van der Waals surface area contributed by atoms with E-state index in [-0.39, 0.29) is 6.04 Å². The second-order valence-electron chi connectivity index (χ2n) is 5.33. The zero-order valence-corrected chi connectivity index (χ0v) is 13.0. The second-order valence-corrected chi connectivity index (χ2v) is 5.33. The van der Waals surface area contributed by atoms with Crippen LogP contribution < -0.4 is 5.73 Å². The molecule has 0 radical (unpaired) electrons. The molecule has 0 fully saturated rings. The molecule has 1 heterocycles. The van der Waals surface area contributed by atoms with Crippen LogP contribution in [0.25, 0.3) is 0 Å². The maximum absolute atomic E-state index is 6.51. The standard InChI is InChI=1S/C18H25NO/c1-5-13-10-14(6-2)16(15(7-3)11-13)17(19)18-12(4)8-9-20-18/h8-11,17H,5-7,19H2,1-4H3. The third-order valence-electron chi connectivity index (χ3n) is 4.08. The van der Waals surface area contributed by atoms with Crippen molar-refractivity contribution in [3.63, 3.8) is 0 Å². The summed E-state index contributed by atoms with van der Waals surface area (Å²) in [5.41, 5.74) is 13.0. The normalized spacial score (nSPS) is 12.7. The number of hydrogen-bond donors (Lipinski definition) is 1. The molecule has 0 bridgehead atoms. The molecule has 2 N–H and O–H groups in total. The lowest BCUT2D eigenvalue weighted by molar-refractivity contribution is 0.485. The van der Waals surface area contributed by atoms with Crippen molar-refractivity contribution in [3.05, 3.63) is 58.0 Å². The predicted molar refractivity (Wildman–Crippen MR) is 84.1 cm³/mol. The molecule has 0 saturated heterocycles. The van der Waals surface area contributed by atoms with Gasteiger partial charge in [0, 0.05) is 0 Å². The van der Waals surface area contributed by atoms with E-state index >= 15 is 0 Å². The van der Waals surface area contributed by atoms with Crippen LogP contribution in [0.3, 0.4) is 0 Å². The van der Waals surface area contributed by atoms with Gasteiger partial charge in [0.05, 0.1) is 12.3 Å². The van der Waals surface area contributed by atoms with Gasteiger partial charge in [-0.3, -0.25) is 0 Å². The summed E-state index contributed by atoms with van der Waals surface area (Å²) in [6.45, 7) is 8.64. The third-order valence-corrected chi connectivity index (χ3v) is 4.08. The van der Waals surface area contributed by atoms with Gasteiger partial charge in [-0.2, -0.15) is 0 Å². The quantitative estimate of drug-likeness (QED) is 0.879. The minimum atomic E-state index is -0.166. The number of nitrogens with two attached hydrogens (primary N) is 1. The molecule has 0 aliphatic heterocycles. The zero-order valence-electron chi connectivity index (χ0n) is 13.0. The van der Waals surface area contributed by atoms with Crippen LogP contribution in [0, 0.1) is 6.92 Å². The Labute approximate surface area is 122 Å². The monoisotopic (exact) mass is 271 g/mol. The number of benzene rings is 1. The van der Waals surface area contributed by atoms with E-state index in [9.17, 15) is 0 Å². The van der Waals surface area contributed by atoms with Gasteiger partial charge in [-0.1, -0.05) is 32.9 Å². The van der Waals surface area contributed by atoms with E-state index in [4.69, 9.17) is 10.2 Å². The molecule has 1 atom stereocenters. The Morgan fingerprint density at radius 3 is 2.05 bits per heavy atom. The zero-order chi connectivity index (χ0) is 14.7. The third kappa shape index (κ3) is 2.66. The van der Waals surface area contributed by atoms with Crippen molar-refractivity contribution in [2.24, 2.45) is 5.73 Å². The van der Waals surface area contributed by atoms with Crippen LogP contribution in [0.1, 0.15) is 60.4 Å². The SMILES string of the molecule is CCc1cc(CC)c(C(N)c2occc2C)c(CC)c1. The predicted octanol–water partition coefficient (Wildman–Crippen LogP) is 4.32. The van der Waals surface area contributed by atoms with Gasteiger partial charge in [-0.25, -0.2) is 0 Å². The fourth-order valence-corrected chi connectivity index (χ4v) is 2.87. The van der Waals surface area contributed by atoms with Crippen molar-refractivity contribution in [1.82, 2.24) is 0 Å². The van der Waals surface area contributed by atoms with Crippen LogP contribution >= 0.6 is 0 Å². The first-order valence-corrected chi connectivity index (χ1v) is 7.56. The highest BCUT2D eigenvalue weighted by Gasteiger charge is 2.20. The van der Waals surface area contributed by atoms with Crippen molar-refractivity contribution in [1.29, 1.82) is 0 Å². The van der Waals surface area contributed by atoms with Crippen LogP contribution in [0.4, 0.5) is 0 Å². The lowest BCUT2D eigenvalue weighted by atomic mass is 9.88. The van der Waals surface area contributed by atoms with Gasteiger partial charge in [-0.15, -0.1) is 0 Å². The molecular formula is C18H25NO. The molecule has 1 aromatic carbocycles. The van der Waals surface area contributed by atoms with Gasteiger partial charge in [0.2, 0.25) is 0 Å². The van der Waals surface area contributed by atoms with Gasteiger partial charge < -0.3 is 10.2 Å². The van der Waals surface area contributed by atoms with Crippen LogP contribution in [-0.2, 0) is 19.3 Å². The van der Waals surface area contributed by atoms with Crippen molar-refractivity contribution < 1.29 is 4.42 Å². The molecule has 0 amide bonds. The highest BCUT2D eigenvalue weighted by atomic mass is 16.3. The summed E-state index contributed by atoms with van der Waals surface area (Å²) in [6.07, 6.45) is 4.80. The summed E-state index contributed by atoms with van der Waals surface area (Å²) in [7, 11) is 0. The number of furan rings is 1. The van der Waals surface area contributed by atoms with E-state index < -0.39 is 0 Å². The Balaban J connectivity index is 2.57. The molecular weight excluding hydrogens is 246 g/mol. The van der Waals surface area contributed by atoms with Crippen molar-refractivity contribution in [3.8, 4) is 0 Å². The molecule has 2 heteroatoms. The topological polar surface area (TPSA) is 39.2 Å². The van der Waals surface area contributed by atoms with Crippen molar-refractivity contribution in [2.75, 3.05) is 0 Å². The molecule has 2 aromatic rings. The summed E-state index contributed by atoms with van der Waals surface area (Å²) in [5, 5.41) is 0. The first-order chi connectivity index (χ1) is 9.62. The molecule has 1 aromatic heterocycles. The van der Waals surface area contributed by atoms with E-state index in [0.717, 1.165) is 30.6 Å². The summed E-state index contributed by atoms with van der Waals surface area (Å²) < 4.78 is 5.61. The average molecular weight is 271 g/mol. The van der Waals surface area contributed by atoms with E-state index in [0.29, 0.717) is 0 Å². The maximum atomic E-state index is 6.51. The molecule has 2 nitrogen and oxygen atoms in total. The summed E-state index contributed by atoms with van der Waals surface area (Å²) >= 11 is 0. The van der Waals surface area contributed by atoms with E-state index in [1.54, 1.807) is 6.26 Å². The van der Waals surface area contributed by atoms with Crippen molar-refractivity contribution >= 4 is 0 Å². The lowest BCUT2D eigenvalue weighted by Crippen LogP contribution is -2.17. The Hall–Kier alpha value is -1.54. The molecule has 1 unspecified atom stereocenters. The number of hydrogen-bond acceptors (Lipinski definition) is 2. The fraction of sp³-hybridized carbons (Fsp3) is 0.444. The van der Waals surface area contributed by atoms with Crippen LogP contribution in [-0.4, -0.2) is 0 Å². The number of aryl methyl sites for hydroxylation is 4. The smallest absolute Gasteiger partial charge is 0.127 e. The minimum Gasteiger partial charge on any atom is -0.467 e. The molecule has 0 aliphatic carbocycles. The highest BCUT2D eigenvalue weighted by molar-refractivity contribution is 5.45. The molecule has 0 aliphatic rings. The Morgan fingerprint density at radius 1 is 1.05 bits per heavy atom. The minimum absolute atomic E-state index is 0.166. The summed E-state index contributed by atoms with van der Waals surface area (Å²) in [6, 6.07) is 6.41. The lowest BCUT2D eigenvalue weighted by Gasteiger charge is -2.20. The van der Waals surface area contributed by atoms with E-state index in [1.807, 2.05) is 6.07 Å². The van der Waals surface area contributed by atoms with Gasteiger partial charge in [-0.05, 0) is 60.1 Å². The van der Waals surface area contributed by atoms with Crippen LogP contribution in [0.15, 0.2) is 28.9 Å². The fourth-order valence-electron chi connectivity index (χ4n) is 2.87. The Bertz CT molecular complexity index is 558. The first-order valence-electron chi connectivity index (χ1n) is 7.56. The van der Waals surface area contributed by atoms with Crippen molar-refractivity contribution in [2.45, 2.75) is 53.0 Å². The van der Waals surface area contributed by atoms with Gasteiger partial charge in [0.25, 0.3) is 0 Å². The summed E-state index contributed by atoms with van der Waals surface area (Å²) in [5.74, 6) is 0.888. The molecule has 2 rings (SSSR count). The van der Waals surface area contributed by atoms with Gasteiger partial charge in [0.1, 0.15) is 5.76 Å². The first kappa shape index (κ1) is 14.9. The highest BCUT2D eigenvalue weighted by Crippen LogP contribution is 2.31. The maximum Gasteiger partial charge on any atom is 0.127 e. The number of rotatable bonds is 5. The second kappa shape index (κ2) is 6.27. The average Bonchev–Trinajstić information content (AvgIpc) is 2.91. The van der Waals surface area contributed by atoms with Crippen LogP contribution in [0.2, 0.25) is 0 Å². The molecule has 0 saturated carbocycles. The summed E-state index contributed by atoms with van der Waals surface area (Å²) in [4.78, 5) is 0. The van der Waals surface area contributed by atoms with Gasteiger partial charge >= 0.3 is 0 Å². The Kier molecular flexibility index (Phi) is 4.66. The molecule has 0 spiro atoms. The van der Waals surface area contributed by atoms with E-state index in [1.165, 1.54) is 22.3 Å². The largest absolute Gasteiger partial charge is 0.467 e. The van der Waals surface area contributed by atoms with Crippen LogP contribution in [0.5, 0.6) is 0 Å².